The number of hydrogen-bond donors (Lipinski definition) is 1. The van der Waals surface area contributed by atoms with Gasteiger partial charge < -0.3 is 10.0 Å². The van der Waals surface area contributed by atoms with Gasteiger partial charge in [0.25, 0.3) is 5.91 Å². The predicted molar refractivity (Wildman–Crippen MR) is 76.1 cm³/mol. The van der Waals surface area contributed by atoms with Crippen molar-refractivity contribution >= 4 is 15.7 Å². The summed E-state index contributed by atoms with van der Waals surface area (Å²) >= 11 is 0. The maximum Gasteiger partial charge on any atom is 0.254 e. The van der Waals surface area contributed by atoms with Crippen LogP contribution in [0.3, 0.4) is 0 Å². The van der Waals surface area contributed by atoms with E-state index in [1.165, 1.54) is 6.26 Å². The van der Waals surface area contributed by atoms with E-state index >= 15 is 0 Å². The van der Waals surface area contributed by atoms with Crippen molar-refractivity contribution in [2.75, 3.05) is 19.4 Å². The second kappa shape index (κ2) is 5.93. The van der Waals surface area contributed by atoms with Gasteiger partial charge in [-0.2, -0.15) is 0 Å². The van der Waals surface area contributed by atoms with Crippen LogP contribution in [0.25, 0.3) is 0 Å². The van der Waals surface area contributed by atoms with Crippen molar-refractivity contribution in [3.63, 3.8) is 0 Å². The minimum atomic E-state index is -3.07. The molecular formula is C14H19NO4S. The highest BCUT2D eigenvalue weighted by Gasteiger charge is 2.28. The van der Waals surface area contributed by atoms with Crippen molar-refractivity contribution in [3.8, 4) is 0 Å². The number of sulfone groups is 1. The van der Waals surface area contributed by atoms with Crippen molar-refractivity contribution < 1.29 is 18.3 Å². The second-order valence-corrected chi connectivity index (χ2v) is 7.38. The third-order valence-electron chi connectivity index (χ3n) is 3.48. The number of aliphatic hydroxyl groups is 1. The number of hydrogen-bond acceptors (Lipinski definition) is 4. The number of carbonyl (C=O) groups excluding carboxylic acids is 1. The molecule has 1 fully saturated rings. The van der Waals surface area contributed by atoms with Gasteiger partial charge in [0, 0.05) is 18.4 Å². The fraction of sp³-hybridized carbons (Fsp3) is 0.500. The first-order valence-electron chi connectivity index (χ1n) is 6.59. The lowest BCUT2D eigenvalue weighted by molar-refractivity contribution is 0.0677. The Balaban J connectivity index is 2.11. The quantitative estimate of drug-likeness (QED) is 0.893. The minimum absolute atomic E-state index is 0.0160. The molecule has 1 aromatic carbocycles. The number of likely N-dealkylation sites (tertiary alicyclic amines) is 1. The first-order chi connectivity index (χ1) is 9.40. The van der Waals surface area contributed by atoms with E-state index in [9.17, 15) is 18.3 Å². The Kier molecular flexibility index (Phi) is 4.45. The van der Waals surface area contributed by atoms with Crippen molar-refractivity contribution in [2.45, 2.75) is 24.6 Å². The summed E-state index contributed by atoms with van der Waals surface area (Å²) in [5, 5.41) is 9.24. The van der Waals surface area contributed by atoms with Gasteiger partial charge in [-0.1, -0.05) is 12.1 Å². The van der Waals surface area contributed by atoms with Crippen molar-refractivity contribution in [1.29, 1.82) is 0 Å². The third kappa shape index (κ3) is 3.58. The Morgan fingerprint density at radius 1 is 1.35 bits per heavy atom. The normalized spacial score (nSPS) is 19.3. The van der Waals surface area contributed by atoms with E-state index in [-0.39, 0.29) is 24.3 Å². The Morgan fingerprint density at radius 3 is 2.55 bits per heavy atom. The van der Waals surface area contributed by atoms with Crippen LogP contribution in [0.1, 0.15) is 28.8 Å². The SMILES string of the molecule is CS(=O)(=O)Cc1ccc(C(=O)N2CCC[C@H]2CO)cc1. The summed E-state index contributed by atoms with van der Waals surface area (Å²) in [7, 11) is -3.07. The van der Waals surface area contributed by atoms with Crippen LogP contribution >= 0.6 is 0 Å². The Labute approximate surface area is 119 Å². The molecule has 1 aliphatic rings. The van der Waals surface area contributed by atoms with E-state index in [2.05, 4.69) is 0 Å². The zero-order chi connectivity index (χ0) is 14.8. The summed E-state index contributed by atoms with van der Waals surface area (Å²) in [6, 6.07) is 6.53. The molecule has 2 rings (SSSR count). The number of rotatable bonds is 4. The summed E-state index contributed by atoms with van der Waals surface area (Å²) in [6.07, 6.45) is 2.92. The van der Waals surface area contributed by atoms with Gasteiger partial charge in [-0.25, -0.2) is 8.42 Å². The average molecular weight is 297 g/mol. The molecule has 6 heteroatoms. The predicted octanol–water partition coefficient (Wildman–Crippen LogP) is 0.828. The van der Waals surface area contributed by atoms with Gasteiger partial charge >= 0.3 is 0 Å². The molecule has 0 radical (unpaired) electrons. The molecule has 1 heterocycles. The highest BCUT2D eigenvalue weighted by molar-refractivity contribution is 7.89. The fourth-order valence-electron chi connectivity index (χ4n) is 2.51. The molecule has 1 saturated heterocycles. The standard InChI is InChI=1S/C14H19NO4S/c1-20(18,19)10-11-4-6-12(7-5-11)14(17)15-8-2-3-13(15)9-16/h4-7,13,16H,2-3,8-10H2,1H3/t13-/m0/s1. The Hall–Kier alpha value is -1.40. The first kappa shape index (κ1) is 15.0. The van der Waals surface area contributed by atoms with E-state index < -0.39 is 9.84 Å². The number of carbonyl (C=O) groups is 1. The number of nitrogens with zero attached hydrogens (tertiary/aromatic N) is 1. The van der Waals surface area contributed by atoms with Gasteiger partial charge in [-0.3, -0.25) is 4.79 Å². The molecule has 0 saturated carbocycles. The molecule has 20 heavy (non-hydrogen) atoms. The van der Waals surface area contributed by atoms with E-state index in [0.29, 0.717) is 17.7 Å². The maximum absolute atomic E-state index is 12.3. The summed E-state index contributed by atoms with van der Waals surface area (Å²) in [5.41, 5.74) is 1.20. The molecule has 1 aromatic rings. The number of aliphatic hydroxyl groups excluding tert-OH is 1. The summed E-state index contributed by atoms with van der Waals surface area (Å²) < 4.78 is 22.4. The van der Waals surface area contributed by atoms with Crippen LogP contribution in [0, 0.1) is 0 Å². The van der Waals surface area contributed by atoms with Crippen LogP contribution < -0.4 is 0 Å². The third-order valence-corrected chi connectivity index (χ3v) is 4.34. The molecule has 0 bridgehead atoms. The molecule has 0 unspecified atom stereocenters. The fourth-order valence-corrected chi connectivity index (χ4v) is 3.30. The van der Waals surface area contributed by atoms with E-state index in [1.54, 1.807) is 29.2 Å². The largest absolute Gasteiger partial charge is 0.394 e. The lowest BCUT2D eigenvalue weighted by Crippen LogP contribution is -2.37. The van der Waals surface area contributed by atoms with Crippen LogP contribution in [0.2, 0.25) is 0 Å². The summed E-state index contributed by atoms with van der Waals surface area (Å²) in [5.74, 6) is -0.128. The highest BCUT2D eigenvalue weighted by Crippen LogP contribution is 2.20. The highest BCUT2D eigenvalue weighted by atomic mass is 32.2. The first-order valence-corrected chi connectivity index (χ1v) is 8.65. The summed E-state index contributed by atoms with van der Waals surface area (Å²) in [4.78, 5) is 14.0. The topological polar surface area (TPSA) is 74.7 Å². The lowest BCUT2D eigenvalue weighted by atomic mass is 10.1. The van der Waals surface area contributed by atoms with Gasteiger partial charge in [-0.15, -0.1) is 0 Å². The second-order valence-electron chi connectivity index (χ2n) is 5.24. The molecular weight excluding hydrogens is 278 g/mol. The van der Waals surface area contributed by atoms with Crippen LogP contribution in [0.15, 0.2) is 24.3 Å². The zero-order valence-corrected chi connectivity index (χ0v) is 12.3. The lowest BCUT2D eigenvalue weighted by Gasteiger charge is -2.23. The zero-order valence-electron chi connectivity index (χ0n) is 11.4. The van der Waals surface area contributed by atoms with Crippen LogP contribution in [0.4, 0.5) is 0 Å². The van der Waals surface area contributed by atoms with Crippen LogP contribution in [0.5, 0.6) is 0 Å². The van der Waals surface area contributed by atoms with Crippen molar-refractivity contribution in [3.05, 3.63) is 35.4 Å². The van der Waals surface area contributed by atoms with Crippen molar-refractivity contribution in [2.24, 2.45) is 0 Å². The minimum Gasteiger partial charge on any atom is -0.394 e. The molecule has 1 aliphatic heterocycles. The van der Waals surface area contributed by atoms with Crippen LogP contribution in [-0.2, 0) is 15.6 Å². The number of amides is 1. The Bertz CT molecular complexity index is 580. The van der Waals surface area contributed by atoms with Gasteiger partial charge in [-0.05, 0) is 30.5 Å². The average Bonchev–Trinajstić information content (AvgIpc) is 2.85. The molecule has 1 atom stereocenters. The molecule has 110 valence electrons. The number of benzene rings is 1. The monoisotopic (exact) mass is 297 g/mol. The maximum atomic E-state index is 12.3. The molecule has 5 nitrogen and oxygen atoms in total. The van der Waals surface area contributed by atoms with Crippen molar-refractivity contribution in [1.82, 2.24) is 4.90 Å². The Morgan fingerprint density at radius 2 is 2.00 bits per heavy atom. The van der Waals surface area contributed by atoms with Gasteiger partial charge in [0.1, 0.15) is 0 Å². The molecule has 0 aliphatic carbocycles. The summed E-state index contributed by atoms with van der Waals surface area (Å²) in [6.45, 7) is 0.646. The van der Waals surface area contributed by atoms with Gasteiger partial charge in [0.15, 0.2) is 9.84 Å². The van der Waals surface area contributed by atoms with E-state index in [4.69, 9.17) is 0 Å². The molecule has 1 amide bonds. The van der Waals surface area contributed by atoms with E-state index in [1.807, 2.05) is 0 Å². The van der Waals surface area contributed by atoms with E-state index in [0.717, 1.165) is 12.8 Å². The van der Waals surface area contributed by atoms with Gasteiger partial charge in [0.05, 0.1) is 18.4 Å². The van der Waals surface area contributed by atoms with Gasteiger partial charge in [0.2, 0.25) is 0 Å². The smallest absolute Gasteiger partial charge is 0.254 e. The van der Waals surface area contributed by atoms with Crippen LogP contribution in [-0.4, -0.2) is 49.8 Å². The molecule has 1 N–H and O–H groups in total. The molecule has 0 aromatic heterocycles. The molecule has 0 spiro atoms.